The molecule has 3 heterocycles. The molecule has 8 heteroatoms. The van der Waals surface area contributed by atoms with Crippen molar-refractivity contribution < 1.29 is 19.4 Å². The topological polar surface area (TPSA) is 76.6 Å². The smallest absolute Gasteiger partial charge is 0.411 e. The fraction of sp³-hybridized carbons (Fsp3) is 0.920. The zero-order chi connectivity index (χ0) is 24.0. The lowest BCUT2D eigenvalue weighted by Crippen LogP contribution is -2.54. The predicted molar refractivity (Wildman–Crippen MR) is 129 cm³/mol. The molecular formula is C25H46N4O4. The van der Waals surface area contributed by atoms with Crippen LogP contribution in [0, 0.1) is 5.92 Å². The van der Waals surface area contributed by atoms with Crippen molar-refractivity contribution >= 4 is 12.1 Å². The van der Waals surface area contributed by atoms with Gasteiger partial charge in [0.05, 0.1) is 6.04 Å². The van der Waals surface area contributed by atoms with Crippen molar-refractivity contribution in [3.05, 3.63) is 0 Å². The van der Waals surface area contributed by atoms with Gasteiger partial charge in [-0.05, 0) is 72.0 Å². The van der Waals surface area contributed by atoms with Gasteiger partial charge in [-0.15, -0.1) is 0 Å². The van der Waals surface area contributed by atoms with Crippen LogP contribution in [0.5, 0.6) is 0 Å². The third kappa shape index (κ3) is 7.55. The summed E-state index contributed by atoms with van der Waals surface area (Å²) >= 11 is 0. The molecule has 3 saturated heterocycles. The largest absolute Gasteiger partial charge is 0.481 e. The van der Waals surface area contributed by atoms with Crippen LogP contribution in [0.3, 0.4) is 0 Å². The van der Waals surface area contributed by atoms with Gasteiger partial charge in [0.15, 0.2) is 6.23 Å². The number of amides is 1. The number of carboxylic acid groups (broad SMARTS) is 1. The highest BCUT2D eigenvalue weighted by Gasteiger charge is 2.43. The zero-order valence-corrected chi connectivity index (χ0v) is 21.3. The fourth-order valence-corrected chi connectivity index (χ4v) is 5.62. The van der Waals surface area contributed by atoms with E-state index >= 15 is 0 Å². The number of piperazine rings is 1. The average molecular weight is 467 g/mol. The summed E-state index contributed by atoms with van der Waals surface area (Å²) in [5.41, 5.74) is 0.281. The summed E-state index contributed by atoms with van der Waals surface area (Å²) in [5, 5.41) is 8.83. The fourth-order valence-electron chi connectivity index (χ4n) is 5.62. The van der Waals surface area contributed by atoms with Gasteiger partial charge in [-0.25, -0.2) is 4.79 Å². The van der Waals surface area contributed by atoms with Crippen LogP contribution in [-0.4, -0.2) is 107 Å². The number of carboxylic acids is 1. The standard InChI is InChI=1S/C25H46N4O4/c1-25(2,3)29-14-11-20(12-15-29)8-5-6-9-21-23(33-24(32)26(21)4)28-18-16-27(17-19-28)13-7-10-22(30)31/h20-21,23H,5-19H2,1-4H3,(H,30,31). The van der Waals surface area contributed by atoms with Crippen molar-refractivity contribution in [3.63, 3.8) is 0 Å². The van der Waals surface area contributed by atoms with E-state index < -0.39 is 5.97 Å². The number of likely N-dealkylation sites (tertiary alicyclic amines) is 1. The molecule has 0 aliphatic carbocycles. The first-order valence-electron chi connectivity index (χ1n) is 13.0. The Morgan fingerprint density at radius 3 is 2.24 bits per heavy atom. The number of unbranched alkanes of at least 4 members (excludes halogenated alkanes) is 1. The number of aliphatic carboxylic acids is 1. The molecule has 8 nitrogen and oxygen atoms in total. The number of hydrogen-bond acceptors (Lipinski definition) is 6. The molecule has 2 atom stereocenters. The summed E-state index contributed by atoms with van der Waals surface area (Å²) in [5.74, 6) is 0.112. The van der Waals surface area contributed by atoms with Crippen molar-refractivity contribution in [2.24, 2.45) is 5.92 Å². The second kappa shape index (κ2) is 11.8. The normalized spacial score (nSPS) is 26.7. The molecule has 0 aromatic rings. The maximum atomic E-state index is 12.3. The summed E-state index contributed by atoms with van der Waals surface area (Å²) in [6.07, 6.45) is 7.82. The molecular weight excluding hydrogens is 420 g/mol. The predicted octanol–water partition coefficient (Wildman–Crippen LogP) is 3.32. The number of hydrogen-bond donors (Lipinski definition) is 1. The minimum absolute atomic E-state index is 0.124. The highest BCUT2D eigenvalue weighted by Crippen LogP contribution is 2.29. The van der Waals surface area contributed by atoms with E-state index in [-0.39, 0.29) is 30.3 Å². The van der Waals surface area contributed by atoms with Gasteiger partial charge < -0.3 is 19.6 Å². The molecule has 3 fully saturated rings. The van der Waals surface area contributed by atoms with Gasteiger partial charge in [0.25, 0.3) is 0 Å². The molecule has 190 valence electrons. The van der Waals surface area contributed by atoms with Crippen LogP contribution in [0.1, 0.15) is 72.1 Å². The Balaban J connectivity index is 1.38. The van der Waals surface area contributed by atoms with E-state index in [2.05, 4.69) is 35.5 Å². The SMILES string of the molecule is CN1C(=O)OC(N2CCN(CCCC(=O)O)CC2)C1CCCCC1CCN(C(C)(C)C)CC1. The molecule has 0 aromatic heterocycles. The maximum Gasteiger partial charge on any atom is 0.411 e. The van der Waals surface area contributed by atoms with E-state index in [4.69, 9.17) is 9.84 Å². The summed E-state index contributed by atoms with van der Waals surface area (Å²) in [4.78, 5) is 32.1. The first-order chi connectivity index (χ1) is 15.6. The Hall–Kier alpha value is -1.38. The van der Waals surface area contributed by atoms with Gasteiger partial charge in [0.2, 0.25) is 0 Å². The quantitative estimate of drug-likeness (QED) is 0.495. The minimum atomic E-state index is -0.729. The second-order valence-electron chi connectivity index (χ2n) is 11.2. The van der Waals surface area contributed by atoms with Crippen molar-refractivity contribution in [1.82, 2.24) is 19.6 Å². The molecule has 0 bridgehead atoms. The Labute approximate surface area is 200 Å². The van der Waals surface area contributed by atoms with E-state index in [9.17, 15) is 9.59 Å². The monoisotopic (exact) mass is 466 g/mol. The summed E-state index contributed by atoms with van der Waals surface area (Å²) < 4.78 is 5.78. The highest BCUT2D eigenvalue weighted by molar-refractivity contribution is 5.70. The van der Waals surface area contributed by atoms with Crippen LogP contribution in [0.4, 0.5) is 4.79 Å². The van der Waals surface area contributed by atoms with Crippen LogP contribution in [0.25, 0.3) is 0 Å². The van der Waals surface area contributed by atoms with E-state index in [1.807, 2.05) is 7.05 Å². The number of piperidine rings is 1. The molecule has 0 aromatic carbocycles. The molecule has 0 saturated carbocycles. The molecule has 1 N–H and O–H groups in total. The van der Waals surface area contributed by atoms with Gasteiger partial charge in [-0.3, -0.25) is 14.6 Å². The number of ether oxygens (including phenoxy) is 1. The van der Waals surface area contributed by atoms with E-state index in [0.29, 0.717) is 6.42 Å². The lowest BCUT2D eigenvalue weighted by atomic mass is 9.88. The number of rotatable bonds is 10. The third-order valence-corrected chi connectivity index (χ3v) is 7.89. The molecule has 3 rings (SSSR count). The molecule has 0 radical (unpaired) electrons. The van der Waals surface area contributed by atoms with Crippen LogP contribution in [-0.2, 0) is 9.53 Å². The van der Waals surface area contributed by atoms with E-state index in [1.165, 1.54) is 38.8 Å². The first kappa shape index (κ1) is 26.2. The van der Waals surface area contributed by atoms with Crippen LogP contribution < -0.4 is 0 Å². The number of carbonyl (C=O) groups is 2. The van der Waals surface area contributed by atoms with Crippen LogP contribution in [0.2, 0.25) is 0 Å². The molecule has 2 unspecified atom stereocenters. The summed E-state index contributed by atoms with van der Waals surface area (Å²) in [6, 6.07) is 0.124. The third-order valence-electron chi connectivity index (χ3n) is 7.89. The van der Waals surface area contributed by atoms with Gasteiger partial charge in [0, 0.05) is 45.2 Å². The Morgan fingerprint density at radius 2 is 1.64 bits per heavy atom. The van der Waals surface area contributed by atoms with E-state index in [0.717, 1.165) is 51.5 Å². The summed E-state index contributed by atoms with van der Waals surface area (Å²) in [7, 11) is 1.87. The summed E-state index contributed by atoms with van der Waals surface area (Å²) in [6.45, 7) is 13.7. The maximum absolute atomic E-state index is 12.3. The molecule has 1 amide bonds. The second-order valence-corrected chi connectivity index (χ2v) is 11.2. The molecule has 33 heavy (non-hydrogen) atoms. The molecule has 0 spiro atoms. The number of nitrogens with zero attached hydrogens (tertiary/aromatic N) is 4. The first-order valence-corrected chi connectivity index (χ1v) is 13.0. The lowest BCUT2D eigenvalue weighted by molar-refractivity contribution is -0.137. The molecule has 3 aliphatic rings. The Kier molecular flexibility index (Phi) is 9.42. The van der Waals surface area contributed by atoms with Gasteiger partial charge >= 0.3 is 12.1 Å². The number of carbonyl (C=O) groups excluding carboxylic acids is 1. The molecule has 3 aliphatic heterocycles. The van der Waals surface area contributed by atoms with E-state index in [1.54, 1.807) is 4.90 Å². The Morgan fingerprint density at radius 1 is 1.00 bits per heavy atom. The zero-order valence-electron chi connectivity index (χ0n) is 21.3. The average Bonchev–Trinajstić information content (AvgIpc) is 3.05. The van der Waals surface area contributed by atoms with Gasteiger partial charge in [0.1, 0.15) is 0 Å². The van der Waals surface area contributed by atoms with Crippen molar-refractivity contribution in [1.29, 1.82) is 0 Å². The van der Waals surface area contributed by atoms with Gasteiger partial charge in [-0.2, -0.15) is 0 Å². The van der Waals surface area contributed by atoms with Crippen molar-refractivity contribution in [2.45, 2.75) is 89.9 Å². The highest BCUT2D eigenvalue weighted by atomic mass is 16.6. The minimum Gasteiger partial charge on any atom is -0.481 e. The number of cyclic esters (lactones) is 1. The van der Waals surface area contributed by atoms with Crippen molar-refractivity contribution in [3.8, 4) is 0 Å². The van der Waals surface area contributed by atoms with Crippen LogP contribution in [0.15, 0.2) is 0 Å². The van der Waals surface area contributed by atoms with Gasteiger partial charge in [-0.1, -0.05) is 19.3 Å². The Bertz CT molecular complexity index is 637. The van der Waals surface area contributed by atoms with Crippen molar-refractivity contribution in [2.75, 3.05) is 52.9 Å². The number of likely N-dealkylation sites (N-methyl/N-ethyl adjacent to an activating group) is 1. The lowest BCUT2D eigenvalue weighted by Gasteiger charge is -2.41. The van der Waals surface area contributed by atoms with Crippen LogP contribution >= 0.6 is 0 Å².